The highest BCUT2D eigenvalue weighted by Gasteiger charge is 2.29. The highest BCUT2D eigenvalue weighted by molar-refractivity contribution is 5.82. The van der Waals surface area contributed by atoms with E-state index in [1.165, 1.54) is 0 Å². The number of aliphatic hydroxyl groups excluding tert-OH is 1. The number of likely N-dealkylation sites (tertiary alicyclic amines) is 1. The van der Waals surface area contributed by atoms with Gasteiger partial charge in [-0.15, -0.1) is 0 Å². The lowest BCUT2D eigenvalue weighted by Crippen LogP contribution is -2.39. The van der Waals surface area contributed by atoms with Crippen LogP contribution in [0.3, 0.4) is 0 Å². The zero-order valence-electron chi connectivity index (χ0n) is 16.7. The Morgan fingerprint density at radius 1 is 1.37 bits per heavy atom. The molecule has 1 aliphatic heterocycles. The van der Waals surface area contributed by atoms with E-state index in [0.717, 1.165) is 41.4 Å². The predicted octanol–water partition coefficient (Wildman–Crippen LogP) is 3.38. The van der Waals surface area contributed by atoms with E-state index in [9.17, 15) is 9.90 Å². The number of amides is 1. The van der Waals surface area contributed by atoms with Crippen molar-refractivity contribution < 1.29 is 14.6 Å². The Kier molecular flexibility index (Phi) is 5.33. The van der Waals surface area contributed by atoms with Crippen LogP contribution < -0.4 is 5.73 Å². The molecule has 1 aromatic heterocycles. The van der Waals surface area contributed by atoms with Gasteiger partial charge in [0.15, 0.2) is 0 Å². The average molecular weight is 374 g/mol. The maximum Gasteiger partial charge on any atom is 0.410 e. The Morgan fingerprint density at radius 3 is 2.78 bits per heavy atom. The summed E-state index contributed by atoms with van der Waals surface area (Å²) in [5, 5.41) is 9.45. The van der Waals surface area contributed by atoms with Gasteiger partial charge in [0.05, 0.1) is 23.7 Å². The van der Waals surface area contributed by atoms with Crippen LogP contribution >= 0.6 is 0 Å². The van der Waals surface area contributed by atoms with Crippen LogP contribution in [0.2, 0.25) is 0 Å². The molecule has 7 heteroatoms. The first-order valence-electron chi connectivity index (χ1n) is 9.55. The molecule has 0 radical (unpaired) electrons. The number of anilines is 1. The average Bonchev–Trinajstić information content (AvgIpc) is 2.75. The van der Waals surface area contributed by atoms with Crippen molar-refractivity contribution in [2.75, 3.05) is 18.8 Å². The molecule has 1 aliphatic rings. The van der Waals surface area contributed by atoms with Crippen molar-refractivity contribution in [2.45, 2.75) is 65.2 Å². The summed E-state index contributed by atoms with van der Waals surface area (Å²) in [6.45, 7) is 8.84. The summed E-state index contributed by atoms with van der Waals surface area (Å²) in [6, 6.07) is 3.88. The molecule has 1 aromatic carbocycles. The molecule has 0 unspecified atom stereocenters. The molecule has 0 spiro atoms. The van der Waals surface area contributed by atoms with E-state index < -0.39 is 5.60 Å². The SMILES string of the molecule is Cc1cc(CO)cc2nc(N)n([C@@H]3CCCCN(C(=O)OC(C)(C)C)C3)c12. The normalized spacial score (nSPS) is 18.6. The quantitative estimate of drug-likeness (QED) is 0.840. The molecule has 1 saturated heterocycles. The lowest BCUT2D eigenvalue weighted by Gasteiger charge is -2.29. The Labute approximate surface area is 160 Å². The molecule has 0 bridgehead atoms. The second kappa shape index (κ2) is 7.38. The van der Waals surface area contributed by atoms with Crippen molar-refractivity contribution in [3.8, 4) is 0 Å². The minimum atomic E-state index is -0.517. The zero-order valence-corrected chi connectivity index (χ0v) is 16.7. The second-order valence-corrected chi connectivity index (χ2v) is 8.35. The number of benzene rings is 1. The minimum Gasteiger partial charge on any atom is -0.444 e. The van der Waals surface area contributed by atoms with Crippen molar-refractivity contribution in [3.63, 3.8) is 0 Å². The number of aliphatic hydroxyl groups is 1. The number of aryl methyl sites for hydroxylation is 1. The maximum absolute atomic E-state index is 12.6. The summed E-state index contributed by atoms with van der Waals surface area (Å²) in [7, 11) is 0. The molecule has 27 heavy (non-hydrogen) atoms. The van der Waals surface area contributed by atoms with Crippen LogP contribution in [0.15, 0.2) is 12.1 Å². The fourth-order valence-electron chi connectivity index (χ4n) is 3.81. The number of hydrogen-bond donors (Lipinski definition) is 2. The van der Waals surface area contributed by atoms with Gasteiger partial charge in [0, 0.05) is 13.1 Å². The zero-order chi connectivity index (χ0) is 19.8. The van der Waals surface area contributed by atoms with Gasteiger partial charge in [0.1, 0.15) is 5.60 Å². The van der Waals surface area contributed by atoms with Crippen LogP contribution in [-0.2, 0) is 11.3 Å². The summed E-state index contributed by atoms with van der Waals surface area (Å²) in [5.41, 5.74) is 9.35. The van der Waals surface area contributed by atoms with Crippen molar-refractivity contribution in [1.82, 2.24) is 14.5 Å². The van der Waals surface area contributed by atoms with Crippen LogP contribution in [0.1, 0.15) is 57.2 Å². The van der Waals surface area contributed by atoms with Gasteiger partial charge in [0.2, 0.25) is 5.95 Å². The third-order valence-corrected chi connectivity index (χ3v) is 4.91. The van der Waals surface area contributed by atoms with E-state index in [2.05, 4.69) is 9.55 Å². The summed E-state index contributed by atoms with van der Waals surface area (Å²) < 4.78 is 7.62. The number of rotatable bonds is 2. The van der Waals surface area contributed by atoms with Crippen LogP contribution in [0.4, 0.5) is 10.7 Å². The number of nitrogens with two attached hydrogens (primary N) is 1. The van der Waals surface area contributed by atoms with Gasteiger partial charge in [-0.2, -0.15) is 0 Å². The molecule has 3 rings (SSSR count). The Bertz CT molecular complexity index is 838. The Hall–Kier alpha value is -2.28. The van der Waals surface area contributed by atoms with Crippen LogP contribution in [-0.4, -0.2) is 44.3 Å². The van der Waals surface area contributed by atoms with Gasteiger partial charge in [0.25, 0.3) is 0 Å². The van der Waals surface area contributed by atoms with E-state index in [1.54, 1.807) is 4.90 Å². The third kappa shape index (κ3) is 4.18. The molecule has 0 saturated carbocycles. The number of imidazole rings is 1. The first-order chi connectivity index (χ1) is 12.7. The van der Waals surface area contributed by atoms with Crippen molar-refractivity contribution in [2.24, 2.45) is 0 Å². The number of carbonyl (C=O) groups excluding carboxylic acids is 1. The molecular weight excluding hydrogens is 344 g/mol. The fraction of sp³-hybridized carbons (Fsp3) is 0.600. The molecule has 0 aliphatic carbocycles. The number of fused-ring (bicyclic) bond motifs is 1. The van der Waals surface area contributed by atoms with Crippen LogP contribution in [0, 0.1) is 6.92 Å². The largest absolute Gasteiger partial charge is 0.444 e. The van der Waals surface area contributed by atoms with Gasteiger partial charge < -0.3 is 25.0 Å². The van der Waals surface area contributed by atoms with E-state index in [1.807, 2.05) is 39.8 Å². The van der Waals surface area contributed by atoms with E-state index in [0.29, 0.717) is 19.0 Å². The highest BCUT2D eigenvalue weighted by atomic mass is 16.6. The summed E-state index contributed by atoms with van der Waals surface area (Å²) in [6.07, 6.45) is 2.60. The van der Waals surface area contributed by atoms with Gasteiger partial charge in [-0.3, -0.25) is 0 Å². The summed E-state index contributed by atoms with van der Waals surface area (Å²) in [4.78, 5) is 18.9. The van der Waals surface area contributed by atoms with E-state index >= 15 is 0 Å². The number of nitrogens with zero attached hydrogens (tertiary/aromatic N) is 3. The van der Waals surface area contributed by atoms with E-state index in [4.69, 9.17) is 10.5 Å². The number of carbonyl (C=O) groups is 1. The fourth-order valence-corrected chi connectivity index (χ4v) is 3.81. The molecule has 7 nitrogen and oxygen atoms in total. The number of aromatic nitrogens is 2. The molecule has 2 aromatic rings. The van der Waals surface area contributed by atoms with Gasteiger partial charge >= 0.3 is 6.09 Å². The molecule has 3 N–H and O–H groups in total. The monoisotopic (exact) mass is 374 g/mol. The van der Waals surface area contributed by atoms with Gasteiger partial charge in [-0.05, 0) is 64.2 Å². The molecule has 2 heterocycles. The van der Waals surface area contributed by atoms with Crippen LogP contribution in [0.25, 0.3) is 11.0 Å². The predicted molar refractivity (Wildman–Crippen MR) is 106 cm³/mol. The smallest absolute Gasteiger partial charge is 0.410 e. The lowest BCUT2D eigenvalue weighted by molar-refractivity contribution is 0.0238. The first kappa shape index (κ1) is 19.5. The first-order valence-corrected chi connectivity index (χ1v) is 9.55. The number of hydrogen-bond acceptors (Lipinski definition) is 5. The molecule has 148 valence electrons. The second-order valence-electron chi connectivity index (χ2n) is 8.35. The Balaban J connectivity index is 1.95. The van der Waals surface area contributed by atoms with Crippen molar-refractivity contribution >= 4 is 23.1 Å². The molecule has 1 amide bonds. The van der Waals surface area contributed by atoms with Crippen LogP contribution in [0.5, 0.6) is 0 Å². The Morgan fingerprint density at radius 2 is 2.11 bits per heavy atom. The van der Waals surface area contributed by atoms with Crippen molar-refractivity contribution in [1.29, 1.82) is 0 Å². The van der Waals surface area contributed by atoms with Gasteiger partial charge in [-0.1, -0.05) is 6.07 Å². The van der Waals surface area contributed by atoms with Crippen molar-refractivity contribution in [3.05, 3.63) is 23.3 Å². The minimum absolute atomic E-state index is 0.0284. The molecular formula is C20H30N4O3. The summed E-state index contributed by atoms with van der Waals surface area (Å²) in [5.74, 6) is 0.444. The highest BCUT2D eigenvalue weighted by Crippen LogP contribution is 2.31. The van der Waals surface area contributed by atoms with Gasteiger partial charge in [-0.25, -0.2) is 9.78 Å². The maximum atomic E-state index is 12.6. The number of ether oxygens (including phenoxy) is 1. The lowest BCUT2D eigenvalue weighted by atomic mass is 10.1. The van der Waals surface area contributed by atoms with E-state index in [-0.39, 0.29) is 18.7 Å². The number of nitrogen functional groups attached to an aromatic ring is 1. The standard InChI is InChI=1S/C20H30N4O3/c1-13-9-14(12-25)10-16-17(13)24(18(21)22-16)15-7-5-6-8-23(11-15)19(26)27-20(2,3)4/h9-10,15,25H,5-8,11-12H2,1-4H3,(H2,21,22)/t15-/m1/s1. The topological polar surface area (TPSA) is 93.6 Å². The molecule has 1 fully saturated rings. The molecule has 1 atom stereocenters. The third-order valence-electron chi connectivity index (χ3n) is 4.91. The summed E-state index contributed by atoms with van der Waals surface area (Å²) >= 11 is 0.